The lowest BCUT2D eigenvalue weighted by Gasteiger charge is -2.11. The van der Waals surface area contributed by atoms with Crippen molar-refractivity contribution in [3.8, 4) is 67.9 Å². The lowest BCUT2D eigenvalue weighted by atomic mass is 10.0. The molecule has 0 amide bonds. The Balaban J connectivity index is 1.11. The van der Waals surface area contributed by atoms with Crippen LogP contribution in [0.15, 0.2) is 198 Å². The van der Waals surface area contributed by atoms with Gasteiger partial charge in [0, 0.05) is 59.1 Å². The van der Waals surface area contributed by atoms with Gasteiger partial charge in [0.05, 0.1) is 10.6 Å². The summed E-state index contributed by atoms with van der Waals surface area (Å²) in [6.45, 7) is 0. The van der Waals surface area contributed by atoms with Crippen molar-refractivity contribution in [2.45, 2.75) is 9.79 Å². The summed E-state index contributed by atoms with van der Waals surface area (Å²) >= 11 is 3.46. The topological polar surface area (TPSA) is 64.5 Å². The predicted octanol–water partition coefficient (Wildman–Crippen LogP) is 13.2. The number of rotatable bonds is 8. The molecule has 10 rings (SSSR count). The first kappa shape index (κ1) is 33.7. The van der Waals surface area contributed by atoms with E-state index in [0.29, 0.717) is 23.3 Å². The Kier molecular flexibility index (Phi) is 8.91. The van der Waals surface area contributed by atoms with E-state index in [9.17, 15) is 0 Å². The largest absolute Gasteiger partial charge is 0.235 e. The first-order valence-electron chi connectivity index (χ1n) is 18.3. The highest BCUT2D eigenvalue weighted by molar-refractivity contribution is 7.99. The maximum atomic E-state index is 5.25. The normalized spacial score (nSPS) is 11.3. The van der Waals surface area contributed by atoms with Gasteiger partial charge in [-0.05, 0) is 47.5 Å². The number of nitrogens with zero attached hydrogens (tertiary/aromatic N) is 5. The maximum Gasteiger partial charge on any atom is 0.164 e. The van der Waals surface area contributed by atoms with Crippen molar-refractivity contribution in [3.05, 3.63) is 188 Å². The molecule has 7 aromatic carbocycles. The van der Waals surface area contributed by atoms with Gasteiger partial charge in [0.1, 0.15) is 0 Å². The Labute approximate surface area is 332 Å². The van der Waals surface area contributed by atoms with Crippen molar-refractivity contribution in [2.75, 3.05) is 0 Å². The molecule has 0 saturated heterocycles. The highest BCUT2D eigenvalue weighted by Gasteiger charge is 2.19. The summed E-state index contributed by atoms with van der Waals surface area (Å²) in [5, 5.41) is 2.31. The summed E-state index contributed by atoms with van der Waals surface area (Å²) in [5.41, 5.74) is 8.03. The molecule has 0 fully saturated rings. The van der Waals surface area contributed by atoms with Gasteiger partial charge in [-0.1, -0.05) is 157 Å². The van der Waals surface area contributed by atoms with Crippen LogP contribution in [0.2, 0.25) is 0 Å². The molecule has 56 heavy (non-hydrogen) atoms. The molecule has 3 aromatic heterocycles. The molecule has 0 bridgehead atoms. The molecule has 0 aliphatic rings. The molecule has 0 aliphatic carbocycles. The summed E-state index contributed by atoms with van der Waals surface area (Å²) in [6, 6.07) is 62.5. The zero-order valence-electron chi connectivity index (χ0n) is 30.0. The number of hydrogen-bond acceptors (Lipinski definition) is 7. The Morgan fingerprint density at radius 2 is 0.946 bits per heavy atom. The van der Waals surface area contributed by atoms with Crippen molar-refractivity contribution < 1.29 is 0 Å². The summed E-state index contributed by atoms with van der Waals surface area (Å²) in [6.07, 6.45) is 1.96. The van der Waals surface area contributed by atoms with Crippen LogP contribution in [-0.4, -0.2) is 24.9 Å². The number of thiophene rings is 1. The summed E-state index contributed by atoms with van der Waals surface area (Å²) < 4.78 is 2.35. The minimum atomic E-state index is 0.626. The van der Waals surface area contributed by atoms with Crippen molar-refractivity contribution in [1.82, 2.24) is 24.9 Å². The third-order valence-corrected chi connectivity index (χ3v) is 11.9. The smallest absolute Gasteiger partial charge is 0.164 e. The molecule has 0 radical (unpaired) electrons. The van der Waals surface area contributed by atoms with Crippen molar-refractivity contribution in [2.24, 2.45) is 0 Å². The van der Waals surface area contributed by atoms with E-state index < -0.39 is 0 Å². The highest BCUT2D eigenvalue weighted by Crippen LogP contribution is 2.44. The van der Waals surface area contributed by atoms with Crippen LogP contribution in [0, 0.1) is 0 Å². The molecular formula is C49H31N5S2. The Morgan fingerprint density at radius 1 is 0.393 bits per heavy atom. The van der Waals surface area contributed by atoms with Gasteiger partial charge in [0.15, 0.2) is 23.3 Å². The van der Waals surface area contributed by atoms with Crippen molar-refractivity contribution >= 4 is 43.3 Å². The second-order valence-corrected chi connectivity index (χ2v) is 15.5. The zero-order chi connectivity index (χ0) is 37.3. The molecule has 0 atom stereocenters. The maximum absolute atomic E-state index is 5.25. The third-order valence-electron chi connectivity index (χ3n) is 9.66. The second-order valence-electron chi connectivity index (χ2n) is 13.3. The van der Waals surface area contributed by atoms with Gasteiger partial charge in [-0.2, -0.15) is 0 Å². The molecule has 7 heteroatoms. The fraction of sp³-hybridized carbons (Fsp3) is 0. The van der Waals surface area contributed by atoms with E-state index in [1.165, 1.54) is 9.40 Å². The van der Waals surface area contributed by atoms with Gasteiger partial charge in [-0.3, -0.25) is 0 Å². The monoisotopic (exact) mass is 753 g/mol. The van der Waals surface area contributed by atoms with Crippen LogP contribution in [0.1, 0.15) is 0 Å². The highest BCUT2D eigenvalue weighted by atomic mass is 32.2. The van der Waals surface area contributed by atoms with E-state index in [4.69, 9.17) is 24.9 Å². The number of hydrogen-bond donors (Lipinski definition) is 0. The molecule has 10 aromatic rings. The standard InChI is InChI=1S/C49H31N5S2/c1-5-15-32(16-6-1)35-21-13-22-36(29-35)48-52-47(34-19-9-3-10-20-34)53-49(54-48)37-27-28-42-41(30-37)39-25-14-26-40(45(39)56-42)44-43(55-38-23-11-4-12-24-38)31-50-46(51-44)33-17-7-2-8-18-33/h1-31H. The Morgan fingerprint density at radius 3 is 1.64 bits per heavy atom. The molecule has 0 saturated carbocycles. The van der Waals surface area contributed by atoms with Gasteiger partial charge >= 0.3 is 0 Å². The lowest BCUT2D eigenvalue weighted by Crippen LogP contribution is -2.00. The van der Waals surface area contributed by atoms with Crippen LogP contribution in [0.3, 0.4) is 0 Å². The van der Waals surface area contributed by atoms with Gasteiger partial charge in [-0.25, -0.2) is 24.9 Å². The fourth-order valence-corrected chi connectivity index (χ4v) is 9.03. The number of fused-ring (bicyclic) bond motifs is 3. The minimum Gasteiger partial charge on any atom is -0.235 e. The van der Waals surface area contributed by atoms with Gasteiger partial charge < -0.3 is 0 Å². The predicted molar refractivity (Wildman–Crippen MR) is 231 cm³/mol. The van der Waals surface area contributed by atoms with E-state index in [0.717, 1.165) is 65.2 Å². The molecule has 0 unspecified atom stereocenters. The van der Waals surface area contributed by atoms with Gasteiger partial charge in [-0.15, -0.1) is 11.3 Å². The number of aromatic nitrogens is 5. The summed E-state index contributed by atoms with van der Waals surface area (Å²) in [4.78, 5) is 27.4. The first-order valence-corrected chi connectivity index (χ1v) is 20.0. The van der Waals surface area contributed by atoms with Crippen LogP contribution < -0.4 is 0 Å². The summed E-state index contributed by atoms with van der Waals surface area (Å²) in [7, 11) is 0. The van der Waals surface area contributed by atoms with Crippen LogP contribution in [0.4, 0.5) is 0 Å². The molecule has 264 valence electrons. The van der Waals surface area contributed by atoms with Crippen LogP contribution >= 0.6 is 23.1 Å². The number of benzene rings is 7. The SMILES string of the molecule is c1ccc(Sc2cnc(-c3ccccc3)nc2-c2cccc3c2sc2ccc(-c4nc(-c5ccccc5)nc(-c5cccc(-c6ccccc6)c5)n4)cc23)cc1. The first-order chi connectivity index (χ1) is 27.7. The lowest BCUT2D eigenvalue weighted by molar-refractivity contribution is 1.07. The Hall–Kier alpha value is -6.80. The van der Waals surface area contributed by atoms with Crippen molar-refractivity contribution in [3.63, 3.8) is 0 Å². The average molecular weight is 754 g/mol. The van der Waals surface area contributed by atoms with Gasteiger partial charge in [0.25, 0.3) is 0 Å². The second kappa shape index (κ2) is 14.8. The van der Waals surface area contributed by atoms with Crippen LogP contribution in [0.25, 0.3) is 88.1 Å². The zero-order valence-corrected chi connectivity index (χ0v) is 31.6. The molecule has 0 aliphatic heterocycles. The van der Waals surface area contributed by atoms with E-state index in [-0.39, 0.29) is 0 Å². The van der Waals surface area contributed by atoms with E-state index in [1.807, 2.05) is 66.9 Å². The molecule has 5 nitrogen and oxygen atoms in total. The van der Waals surface area contributed by atoms with Crippen LogP contribution in [0.5, 0.6) is 0 Å². The van der Waals surface area contributed by atoms with Crippen molar-refractivity contribution in [1.29, 1.82) is 0 Å². The molecular weight excluding hydrogens is 723 g/mol. The minimum absolute atomic E-state index is 0.626. The van der Waals surface area contributed by atoms with E-state index in [2.05, 4.69) is 121 Å². The average Bonchev–Trinajstić information content (AvgIpc) is 3.66. The van der Waals surface area contributed by atoms with E-state index >= 15 is 0 Å². The fourth-order valence-electron chi connectivity index (χ4n) is 6.92. The third kappa shape index (κ3) is 6.64. The van der Waals surface area contributed by atoms with Crippen LogP contribution in [-0.2, 0) is 0 Å². The summed E-state index contributed by atoms with van der Waals surface area (Å²) in [5.74, 6) is 2.59. The molecule has 0 spiro atoms. The van der Waals surface area contributed by atoms with Gasteiger partial charge in [0.2, 0.25) is 0 Å². The van der Waals surface area contributed by atoms with E-state index in [1.54, 1.807) is 23.1 Å². The Bertz CT molecular complexity index is 2990. The molecule has 0 N–H and O–H groups in total. The molecule has 3 heterocycles. The quantitative estimate of drug-likeness (QED) is 0.154.